The van der Waals surface area contributed by atoms with Crippen LogP contribution in [0.25, 0.3) is 0 Å². The van der Waals surface area contributed by atoms with E-state index in [2.05, 4.69) is 48.6 Å². The van der Waals surface area contributed by atoms with Crippen LogP contribution in [-0.2, 0) is 0 Å². The molecule has 6 fully saturated rings. The maximum absolute atomic E-state index is 2.59. The molecule has 0 nitrogen and oxygen atoms in total. The minimum Gasteiger partial charge on any atom is -0.0848 e. The van der Waals surface area contributed by atoms with E-state index in [9.17, 15) is 0 Å². The van der Waals surface area contributed by atoms with E-state index in [1.165, 1.54) is 25.7 Å². The van der Waals surface area contributed by atoms with Crippen LogP contribution in [0.15, 0.2) is 48.6 Å². The summed E-state index contributed by atoms with van der Waals surface area (Å²) >= 11 is 0. The number of fused-ring (bicyclic) bond motifs is 25. The predicted molar refractivity (Wildman–Crippen MR) is 115 cm³/mol. The first-order valence-electron chi connectivity index (χ1n) is 13.1. The second-order valence-corrected chi connectivity index (χ2v) is 12.8. The van der Waals surface area contributed by atoms with Gasteiger partial charge in [0.05, 0.1) is 0 Å². The molecule has 0 spiro atoms. The zero-order valence-corrected chi connectivity index (χ0v) is 17.4. The van der Waals surface area contributed by atoms with Crippen molar-refractivity contribution in [1.82, 2.24) is 0 Å². The van der Waals surface area contributed by atoms with Gasteiger partial charge in [0.2, 0.25) is 0 Å². The maximum atomic E-state index is 2.59. The Morgan fingerprint density at radius 3 is 0.793 bits per heavy atom. The summed E-state index contributed by atoms with van der Waals surface area (Å²) in [7, 11) is 0. The fourth-order valence-corrected chi connectivity index (χ4v) is 12.1. The summed E-state index contributed by atoms with van der Waals surface area (Å²) in [5.41, 5.74) is 0. The van der Waals surface area contributed by atoms with Gasteiger partial charge in [-0.3, -0.25) is 0 Å². The van der Waals surface area contributed by atoms with Crippen LogP contribution < -0.4 is 0 Å². The third-order valence-electron chi connectivity index (χ3n) is 12.4. The molecule has 0 aromatic heterocycles. The van der Waals surface area contributed by atoms with Crippen molar-refractivity contribution in [3.05, 3.63) is 48.6 Å². The Bertz CT molecular complexity index is 756. The van der Waals surface area contributed by atoms with Crippen LogP contribution >= 0.6 is 0 Å². The van der Waals surface area contributed by atoms with E-state index in [4.69, 9.17) is 0 Å². The minimum atomic E-state index is 0.972. The molecule has 10 aliphatic carbocycles. The van der Waals surface area contributed by atoms with Gasteiger partial charge in [-0.15, -0.1) is 0 Å². The molecule has 12 unspecified atom stereocenters. The molecular formula is C29H34. The highest BCUT2D eigenvalue weighted by Crippen LogP contribution is 2.74. The standard InChI is InChI=1S/C17H20.C12H14/c1-2-9-5-8(1)14-12-7-13(15(9)14)17-11-4-3-10(6-11)16(12)17;1-2-8-5-7(1)11-9-3-4-10(6-9)12(8)11/h1-4,8-17H,5-7H2;1-4,7-12H,5-6H2. The molecule has 0 aliphatic heterocycles. The Balaban J connectivity index is 0.000000100. The lowest BCUT2D eigenvalue weighted by atomic mass is 9.62. The van der Waals surface area contributed by atoms with Gasteiger partial charge in [0.1, 0.15) is 0 Å². The first-order valence-corrected chi connectivity index (χ1v) is 13.1. The number of hydrogen-bond donors (Lipinski definition) is 0. The molecule has 150 valence electrons. The Hall–Kier alpha value is -1.04. The van der Waals surface area contributed by atoms with Crippen molar-refractivity contribution >= 4 is 0 Å². The highest BCUT2D eigenvalue weighted by atomic mass is 14.7. The van der Waals surface area contributed by atoms with Gasteiger partial charge in [0, 0.05) is 0 Å². The van der Waals surface area contributed by atoms with Crippen LogP contribution in [0.1, 0.15) is 32.1 Å². The second-order valence-electron chi connectivity index (χ2n) is 12.8. The molecule has 10 rings (SSSR count). The lowest BCUT2D eigenvalue weighted by molar-refractivity contribution is 0.0811. The molecule has 0 saturated heterocycles. The summed E-state index contributed by atoms with van der Waals surface area (Å²) in [6.07, 6.45) is 28.0. The monoisotopic (exact) mass is 382 g/mol. The molecule has 10 bridgehead atoms. The normalized spacial score (nSPS) is 68.1. The van der Waals surface area contributed by atoms with Gasteiger partial charge < -0.3 is 0 Å². The zero-order valence-electron chi connectivity index (χ0n) is 17.4. The van der Waals surface area contributed by atoms with E-state index >= 15 is 0 Å². The third kappa shape index (κ3) is 1.72. The summed E-state index contributed by atoms with van der Waals surface area (Å²) in [4.78, 5) is 0. The van der Waals surface area contributed by atoms with Gasteiger partial charge >= 0.3 is 0 Å². The molecule has 0 aromatic rings. The number of allylic oxidation sites excluding steroid dienone is 8. The van der Waals surface area contributed by atoms with E-state index in [1.807, 2.05) is 0 Å². The molecule has 29 heavy (non-hydrogen) atoms. The lowest BCUT2D eigenvalue weighted by Gasteiger charge is -2.42. The molecule has 0 aromatic carbocycles. The smallest absolute Gasteiger partial charge is 0.0191 e. The quantitative estimate of drug-likeness (QED) is 0.348. The lowest BCUT2D eigenvalue weighted by Crippen LogP contribution is -2.38. The van der Waals surface area contributed by atoms with Crippen LogP contribution in [0.3, 0.4) is 0 Å². The molecular weight excluding hydrogens is 348 g/mol. The average molecular weight is 383 g/mol. The number of rotatable bonds is 0. The second kappa shape index (κ2) is 5.05. The maximum Gasteiger partial charge on any atom is -0.0191 e. The van der Waals surface area contributed by atoms with Gasteiger partial charge in [0.15, 0.2) is 0 Å². The van der Waals surface area contributed by atoms with Crippen LogP contribution in [0.2, 0.25) is 0 Å². The van der Waals surface area contributed by atoms with Crippen molar-refractivity contribution in [2.75, 3.05) is 0 Å². The van der Waals surface area contributed by atoms with E-state index in [1.54, 1.807) is 6.42 Å². The van der Waals surface area contributed by atoms with Crippen molar-refractivity contribution in [1.29, 1.82) is 0 Å². The summed E-state index contributed by atoms with van der Waals surface area (Å²) in [5.74, 6) is 16.8. The highest BCUT2D eigenvalue weighted by molar-refractivity contribution is 5.28. The predicted octanol–water partition coefficient (Wildman–Crippen LogP) is 6.14. The molecule has 12 atom stereocenters. The van der Waals surface area contributed by atoms with Crippen molar-refractivity contribution in [3.63, 3.8) is 0 Å². The minimum absolute atomic E-state index is 0.972. The van der Waals surface area contributed by atoms with Crippen molar-refractivity contribution < 1.29 is 0 Å². The number of hydrogen-bond acceptors (Lipinski definition) is 0. The van der Waals surface area contributed by atoms with E-state index in [0.29, 0.717) is 0 Å². The Morgan fingerprint density at radius 2 is 0.517 bits per heavy atom. The molecule has 6 saturated carbocycles. The van der Waals surface area contributed by atoms with Crippen LogP contribution in [-0.4, -0.2) is 0 Å². The fourth-order valence-electron chi connectivity index (χ4n) is 12.1. The van der Waals surface area contributed by atoms with Gasteiger partial charge in [-0.05, 0) is 127 Å². The summed E-state index contributed by atoms with van der Waals surface area (Å²) < 4.78 is 0. The topological polar surface area (TPSA) is 0 Å². The van der Waals surface area contributed by atoms with Crippen LogP contribution in [0.4, 0.5) is 0 Å². The Kier molecular flexibility index (Phi) is 2.74. The first-order chi connectivity index (χ1) is 14.3. The largest absolute Gasteiger partial charge is 0.0848 e. The van der Waals surface area contributed by atoms with Crippen molar-refractivity contribution in [3.8, 4) is 0 Å². The van der Waals surface area contributed by atoms with Crippen molar-refractivity contribution in [2.45, 2.75) is 32.1 Å². The summed E-state index contributed by atoms with van der Waals surface area (Å²) in [6, 6.07) is 0. The summed E-state index contributed by atoms with van der Waals surface area (Å²) in [6.45, 7) is 0. The van der Waals surface area contributed by atoms with Crippen LogP contribution in [0, 0.1) is 94.7 Å². The molecule has 0 N–H and O–H groups in total. The van der Waals surface area contributed by atoms with E-state index in [-0.39, 0.29) is 0 Å². The molecule has 0 heteroatoms. The zero-order chi connectivity index (χ0) is 18.4. The molecule has 0 radical (unpaired) electrons. The Morgan fingerprint density at radius 1 is 0.276 bits per heavy atom. The van der Waals surface area contributed by atoms with E-state index in [0.717, 1.165) is 94.7 Å². The average Bonchev–Trinajstić information content (AvgIpc) is 3.63. The summed E-state index contributed by atoms with van der Waals surface area (Å²) in [5, 5.41) is 0. The Labute approximate surface area is 175 Å². The highest BCUT2D eigenvalue weighted by Gasteiger charge is 2.68. The van der Waals surface area contributed by atoms with Gasteiger partial charge in [-0.2, -0.15) is 0 Å². The van der Waals surface area contributed by atoms with Crippen LogP contribution in [0.5, 0.6) is 0 Å². The third-order valence-corrected chi connectivity index (χ3v) is 12.4. The first kappa shape index (κ1) is 15.7. The van der Waals surface area contributed by atoms with E-state index < -0.39 is 0 Å². The van der Waals surface area contributed by atoms with Gasteiger partial charge in [0.25, 0.3) is 0 Å². The molecule has 0 amide bonds. The fraction of sp³-hybridized carbons (Fsp3) is 0.724. The SMILES string of the molecule is C1=CC2CC1C1C3C=CC(C3)C21.C1=CC2CC1C1C3CC(C21)C1C2C=CC(C2)C31. The van der Waals surface area contributed by atoms with Gasteiger partial charge in [-0.25, -0.2) is 0 Å². The molecule has 0 heterocycles. The molecule has 10 aliphatic rings. The van der Waals surface area contributed by atoms with Crippen molar-refractivity contribution in [2.24, 2.45) is 94.7 Å². The van der Waals surface area contributed by atoms with Gasteiger partial charge in [-0.1, -0.05) is 48.6 Å².